The molecule has 114 valence electrons. The predicted molar refractivity (Wildman–Crippen MR) is 92.1 cm³/mol. The normalized spacial score (nSPS) is 14.7. The summed E-state index contributed by atoms with van der Waals surface area (Å²) in [6.45, 7) is 0. The molecule has 23 heavy (non-hydrogen) atoms. The Morgan fingerprint density at radius 2 is 2.00 bits per heavy atom. The molecule has 2 aromatic carbocycles. The third-order valence-corrected chi connectivity index (χ3v) is 4.58. The molecule has 0 spiro atoms. The molecule has 1 saturated carbocycles. The minimum atomic E-state index is 0.660. The first-order chi connectivity index (χ1) is 11.3. The molecule has 1 aliphatic carbocycles. The van der Waals surface area contributed by atoms with Crippen LogP contribution < -0.4 is 5.32 Å². The van der Waals surface area contributed by atoms with E-state index in [1.165, 1.54) is 23.9 Å². The summed E-state index contributed by atoms with van der Waals surface area (Å²) in [7, 11) is 2.02. The van der Waals surface area contributed by atoms with Gasteiger partial charge in [-0.3, -0.25) is 9.78 Å². The lowest BCUT2D eigenvalue weighted by atomic mass is 10.1. The van der Waals surface area contributed by atoms with E-state index in [9.17, 15) is 0 Å². The molecule has 0 atom stereocenters. The molecule has 1 fully saturated rings. The van der Waals surface area contributed by atoms with E-state index >= 15 is 0 Å². The van der Waals surface area contributed by atoms with Gasteiger partial charge in [-0.15, -0.1) is 0 Å². The van der Waals surface area contributed by atoms with Gasteiger partial charge in [-0.25, -0.2) is 0 Å². The molecule has 1 aliphatic rings. The first-order valence-corrected chi connectivity index (χ1v) is 7.96. The Morgan fingerprint density at radius 3 is 2.87 bits per heavy atom. The highest BCUT2D eigenvalue weighted by Gasteiger charge is 2.28. The number of nitrogens with one attached hydrogen (secondary N) is 2. The summed E-state index contributed by atoms with van der Waals surface area (Å²) in [5.74, 6) is 1.51. The van der Waals surface area contributed by atoms with Crippen LogP contribution in [0, 0.1) is 0 Å². The lowest BCUT2D eigenvalue weighted by molar-refractivity contribution is 0.767. The quantitative estimate of drug-likeness (QED) is 0.600. The molecular weight excluding hydrogens is 286 g/mol. The van der Waals surface area contributed by atoms with Crippen LogP contribution in [-0.2, 0) is 7.05 Å². The summed E-state index contributed by atoms with van der Waals surface area (Å²) in [4.78, 5) is 0. The average Bonchev–Trinajstić information content (AvgIpc) is 3.27. The number of aryl methyl sites for hydroxylation is 1. The number of hydrogen-bond donors (Lipinski definition) is 2. The van der Waals surface area contributed by atoms with Crippen LogP contribution in [0.1, 0.15) is 24.5 Å². The second kappa shape index (κ2) is 4.59. The van der Waals surface area contributed by atoms with E-state index in [2.05, 4.69) is 39.8 Å². The molecule has 2 heterocycles. The van der Waals surface area contributed by atoms with Crippen LogP contribution in [0.15, 0.2) is 42.5 Å². The van der Waals surface area contributed by atoms with Crippen LogP contribution in [0.5, 0.6) is 0 Å². The summed E-state index contributed by atoms with van der Waals surface area (Å²) in [5.41, 5.74) is 4.48. The van der Waals surface area contributed by atoms with Gasteiger partial charge in [-0.05, 0) is 43.2 Å². The Labute approximate surface area is 133 Å². The minimum absolute atomic E-state index is 0.660. The number of H-pyrrole nitrogens is 1. The number of fused-ring (bicyclic) bond motifs is 2. The largest absolute Gasteiger partial charge is 0.338 e. The second-order valence-corrected chi connectivity index (χ2v) is 6.26. The van der Waals surface area contributed by atoms with Crippen molar-refractivity contribution >= 4 is 33.3 Å². The van der Waals surface area contributed by atoms with Gasteiger partial charge >= 0.3 is 0 Å². The van der Waals surface area contributed by atoms with E-state index in [4.69, 9.17) is 5.10 Å². The predicted octanol–water partition coefficient (Wildman–Crippen LogP) is 4.07. The van der Waals surface area contributed by atoms with Crippen LogP contribution >= 0.6 is 0 Å². The van der Waals surface area contributed by atoms with Crippen molar-refractivity contribution in [2.75, 3.05) is 5.32 Å². The van der Waals surface area contributed by atoms with Gasteiger partial charge in [0.1, 0.15) is 0 Å². The number of aromatic amines is 1. The monoisotopic (exact) mass is 303 g/mol. The standard InChI is InChI=1S/C18H17N5/c1-23-16-10-12(8-9-14(16)17(22-23)11-6-7-11)19-18-13-4-2-3-5-15(13)20-21-18/h2-5,8-11H,6-7H2,1H3,(H2,19,20,21). The zero-order valence-electron chi connectivity index (χ0n) is 12.9. The van der Waals surface area contributed by atoms with Crippen molar-refractivity contribution in [2.45, 2.75) is 18.8 Å². The van der Waals surface area contributed by atoms with Gasteiger partial charge in [-0.2, -0.15) is 10.2 Å². The number of benzene rings is 2. The SMILES string of the molecule is Cn1nc(C2CC2)c2ccc(Nc3n[nH]c4ccccc34)cc21. The Kier molecular flexibility index (Phi) is 2.53. The first kappa shape index (κ1) is 12.7. The van der Waals surface area contributed by atoms with E-state index in [0.717, 1.165) is 27.9 Å². The molecule has 0 saturated heterocycles. The number of hydrogen-bond acceptors (Lipinski definition) is 3. The first-order valence-electron chi connectivity index (χ1n) is 7.96. The molecule has 5 nitrogen and oxygen atoms in total. The molecular formula is C18H17N5. The van der Waals surface area contributed by atoms with Crippen molar-refractivity contribution in [3.63, 3.8) is 0 Å². The highest BCUT2D eigenvalue weighted by Crippen LogP contribution is 2.42. The summed E-state index contributed by atoms with van der Waals surface area (Å²) >= 11 is 0. The maximum absolute atomic E-state index is 4.71. The topological polar surface area (TPSA) is 58.5 Å². The fraction of sp³-hybridized carbons (Fsp3) is 0.222. The molecule has 4 aromatic rings. The van der Waals surface area contributed by atoms with Crippen molar-refractivity contribution in [2.24, 2.45) is 7.05 Å². The fourth-order valence-corrected chi connectivity index (χ4v) is 3.22. The van der Waals surface area contributed by atoms with Gasteiger partial charge in [0.15, 0.2) is 5.82 Å². The molecule has 2 aromatic heterocycles. The van der Waals surface area contributed by atoms with Gasteiger partial charge in [0.05, 0.1) is 16.7 Å². The Morgan fingerprint density at radius 1 is 1.13 bits per heavy atom. The summed E-state index contributed by atoms with van der Waals surface area (Å²) in [6.07, 6.45) is 2.54. The maximum atomic E-state index is 4.71. The summed E-state index contributed by atoms with van der Waals surface area (Å²) < 4.78 is 1.98. The number of rotatable bonds is 3. The summed E-state index contributed by atoms with van der Waals surface area (Å²) in [6, 6.07) is 14.6. The zero-order valence-corrected chi connectivity index (χ0v) is 12.9. The number of anilines is 2. The molecule has 0 radical (unpaired) electrons. The number of aromatic nitrogens is 4. The Hall–Kier alpha value is -2.82. The highest BCUT2D eigenvalue weighted by molar-refractivity contribution is 5.93. The Balaban J connectivity index is 1.57. The van der Waals surface area contributed by atoms with Crippen molar-refractivity contribution < 1.29 is 0 Å². The molecule has 5 heteroatoms. The van der Waals surface area contributed by atoms with Crippen LogP contribution in [0.3, 0.4) is 0 Å². The lowest BCUT2D eigenvalue weighted by Crippen LogP contribution is -1.93. The van der Waals surface area contributed by atoms with Crippen LogP contribution in [-0.4, -0.2) is 20.0 Å². The van der Waals surface area contributed by atoms with Crippen molar-refractivity contribution in [1.29, 1.82) is 0 Å². The van der Waals surface area contributed by atoms with Crippen molar-refractivity contribution in [3.05, 3.63) is 48.2 Å². The molecule has 2 N–H and O–H groups in total. The van der Waals surface area contributed by atoms with Crippen LogP contribution in [0.25, 0.3) is 21.8 Å². The number of nitrogens with zero attached hydrogens (tertiary/aromatic N) is 3. The molecule has 0 unspecified atom stereocenters. The van der Waals surface area contributed by atoms with Crippen molar-refractivity contribution in [3.8, 4) is 0 Å². The van der Waals surface area contributed by atoms with E-state index in [-0.39, 0.29) is 0 Å². The zero-order chi connectivity index (χ0) is 15.4. The van der Waals surface area contributed by atoms with E-state index in [1.54, 1.807) is 0 Å². The van der Waals surface area contributed by atoms with E-state index in [1.807, 2.05) is 29.9 Å². The maximum Gasteiger partial charge on any atom is 0.160 e. The molecule has 0 amide bonds. The number of para-hydroxylation sites is 1. The molecule has 0 aliphatic heterocycles. The van der Waals surface area contributed by atoms with Gasteiger partial charge in [0.25, 0.3) is 0 Å². The van der Waals surface area contributed by atoms with Crippen LogP contribution in [0.4, 0.5) is 11.5 Å². The molecule has 0 bridgehead atoms. The third kappa shape index (κ3) is 2.00. The van der Waals surface area contributed by atoms with Gasteiger partial charge in [0, 0.05) is 29.4 Å². The lowest BCUT2D eigenvalue weighted by Gasteiger charge is -2.04. The van der Waals surface area contributed by atoms with E-state index in [0.29, 0.717) is 5.92 Å². The average molecular weight is 303 g/mol. The van der Waals surface area contributed by atoms with E-state index < -0.39 is 0 Å². The fourth-order valence-electron chi connectivity index (χ4n) is 3.22. The molecule has 5 rings (SSSR count). The van der Waals surface area contributed by atoms with Crippen molar-refractivity contribution in [1.82, 2.24) is 20.0 Å². The van der Waals surface area contributed by atoms with Gasteiger partial charge in [0.2, 0.25) is 0 Å². The minimum Gasteiger partial charge on any atom is -0.338 e. The third-order valence-electron chi connectivity index (χ3n) is 4.58. The smallest absolute Gasteiger partial charge is 0.160 e. The van der Waals surface area contributed by atoms with Gasteiger partial charge in [-0.1, -0.05) is 12.1 Å². The second-order valence-electron chi connectivity index (χ2n) is 6.26. The van der Waals surface area contributed by atoms with Gasteiger partial charge < -0.3 is 5.32 Å². The Bertz CT molecular complexity index is 1020. The van der Waals surface area contributed by atoms with Crippen LogP contribution in [0.2, 0.25) is 0 Å². The highest BCUT2D eigenvalue weighted by atomic mass is 15.3. The summed E-state index contributed by atoms with van der Waals surface area (Å²) in [5, 5.41) is 17.9.